The van der Waals surface area contributed by atoms with Crippen LogP contribution in [0.4, 0.5) is 0 Å². The van der Waals surface area contributed by atoms with Gasteiger partial charge in [-0.15, -0.1) is 0 Å². The van der Waals surface area contributed by atoms with Gasteiger partial charge in [0, 0.05) is 5.02 Å². The van der Waals surface area contributed by atoms with Gasteiger partial charge in [0.1, 0.15) is 0 Å². The van der Waals surface area contributed by atoms with Crippen molar-refractivity contribution in [3.05, 3.63) is 34.3 Å². The van der Waals surface area contributed by atoms with Gasteiger partial charge in [0.2, 0.25) is 0 Å². The van der Waals surface area contributed by atoms with Crippen LogP contribution in [-0.2, 0) is 0 Å². The van der Waals surface area contributed by atoms with Gasteiger partial charge in [-0.3, -0.25) is 0 Å². The second-order valence-electron chi connectivity index (χ2n) is 4.77. The van der Waals surface area contributed by atoms with Crippen molar-refractivity contribution in [2.45, 2.75) is 51.9 Å². The van der Waals surface area contributed by atoms with Crippen molar-refractivity contribution in [3.63, 3.8) is 0 Å². The van der Waals surface area contributed by atoms with Gasteiger partial charge in [-0.1, -0.05) is 44.5 Å². The van der Waals surface area contributed by atoms with Crippen LogP contribution in [0.15, 0.2) is 18.2 Å². The van der Waals surface area contributed by atoms with Crippen molar-refractivity contribution in [1.29, 1.82) is 0 Å². The summed E-state index contributed by atoms with van der Waals surface area (Å²) in [7, 11) is 0. The molecule has 1 aromatic carbocycles. The first kappa shape index (κ1) is 14.5. The van der Waals surface area contributed by atoms with E-state index in [2.05, 4.69) is 39.0 Å². The molecule has 0 fully saturated rings. The van der Waals surface area contributed by atoms with Gasteiger partial charge in [-0.2, -0.15) is 0 Å². The first-order chi connectivity index (χ1) is 8.13. The third-order valence-electron chi connectivity index (χ3n) is 3.62. The first-order valence-electron chi connectivity index (χ1n) is 6.63. The summed E-state index contributed by atoms with van der Waals surface area (Å²) < 4.78 is 0. The van der Waals surface area contributed by atoms with Gasteiger partial charge in [0.05, 0.1) is 0 Å². The van der Waals surface area contributed by atoms with E-state index in [9.17, 15) is 0 Å². The molecule has 1 nitrogen and oxygen atoms in total. The Bertz CT molecular complexity index is 345. The van der Waals surface area contributed by atoms with Crippen molar-refractivity contribution in [3.8, 4) is 0 Å². The van der Waals surface area contributed by atoms with Crippen LogP contribution in [0.3, 0.4) is 0 Å². The highest BCUT2D eigenvalue weighted by molar-refractivity contribution is 6.31. The molecule has 0 saturated heterocycles. The average molecular weight is 254 g/mol. The summed E-state index contributed by atoms with van der Waals surface area (Å²) in [5, 5.41) is 0.917. The van der Waals surface area contributed by atoms with Crippen molar-refractivity contribution in [2.24, 2.45) is 5.73 Å². The van der Waals surface area contributed by atoms with Gasteiger partial charge in [-0.25, -0.2) is 0 Å². The SMILES string of the molecule is CCC(CC)c1ccc(C(C)CCN)cc1Cl. The molecule has 0 heterocycles. The zero-order valence-corrected chi connectivity index (χ0v) is 11.9. The van der Waals surface area contributed by atoms with E-state index < -0.39 is 0 Å². The fraction of sp³-hybridized carbons (Fsp3) is 0.600. The molecule has 1 rings (SSSR count). The summed E-state index contributed by atoms with van der Waals surface area (Å²) in [5.41, 5.74) is 8.19. The molecular weight excluding hydrogens is 230 g/mol. The summed E-state index contributed by atoms with van der Waals surface area (Å²) in [6.07, 6.45) is 3.31. The minimum atomic E-state index is 0.494. The van der Waals surface area contributed by atoms with Crippen LogP contribution in [-0.4, -0.2) is 6.54 Å². The Morgan fingerprint density at radius 2 is 1.88 bits per heavy atom. The molecule has 2 N–H and O–H groups in total. The standard InChI is InChI=1S/C15H24ClN/c1-4-12(5-2)14-7-6-13(10-15(14)16)11(3)8-9-17/h6-7,10-12H,4-5,8-9,17H2,1-3H3. The van der Waals surface area contributed by atoms with E-state index in [-0.39, 0.29) is 0 Å². The molecular formula is C15H24ClN. The molecule has 96 valence electrons. The molecule has 1 unspecified atom stereocenters. The fourth-order valence-corrected chi connectivity index (χ4v) is 2.67. The highest BCUT2D eigenvalue weighted by Gasteiger charge is 2.13. The molecule has 2 heteroatoms. The largest absolute Gasteiger partial charge is 0.330 e. The Hall–Kier alpha value is -0.530. The maximum Gasteiger partial charge on any atom is 0.0443 e. The molecule has 0 bridgehead atoms. The van der Waals surface area contributed by atoms with Crippen LogP contribution in [0.1, 0.15) is 63.0 Å². The van der Waals surface area contributed by atoms with Gasteiger partial charge >= 0.3 is 0 Å². The number of hydrogen-bond acceptors (Lipinski definition) is 1. The molecule has 0 radical (unpaired) electrons. The Labute approximate surface area is 110 Å². The highest BCUT2D eigenvalue weighted by atomic mass is 35.5. The highest BCUT2D eigenvalue weighted by Crippen LogP contribution is 2.32. The zero-order valence-electron chi connectivity index (χ0n) is 11.2. The van der Waals surface area contributed by atoms with E-state index in [4.69, 9.17) is 17.3 Å². The lowest BCUT2D eigenvalue weighted by Gasteiger charge is -2.17. The van der Waals surface area contributed by atoms with Crippen LogP contribution >= 0.6 is 11.6 Å². The number of nitrogens with two attached hydrogens (primary N) is 1. The molecule has 0 aliphatic heterocycles. The predicted molar refractivity (Wildman–Crippen MR) is 76.9 cm³/mol. The predicted octanol–water partition coefficient (Wildman–Crippen LogP) is 4.70. The van der Waals surface area contributed by atoms with Crippen molar-refractivity contribution in [2.75, 3.05) is 6.54 Å². The maximum absolute atomic E-state index is 6.39. The fourth-order valence-electron chi connectivity index (χ4n) is 2.33. The zero-order chi connectivity index (χ0) is 12.8. The smallest absolute Gasteiger partial charge is 0.0443 e. The van der Waals surface area contributed by atoms with Crippen molar-refractivity contribution >= 4 is 11.6 Å². The Morgan fingerprint density at radius 1 is 1.24 bits per heavy atom. The summed E-state index contributed by atoms with van der Waals surface area (Å²) in [6, 6.07) is 6.53. The van der Waals surface area contributed by atoms with Crippen molar-refractivity contribution < 1.29 is 0 Å². The van der Waals surface area contributed by atoms with E-state index >= 15 is 0 Å². The molecule has 1 aromatic rings. The van der Waals surface area contributed by atoms with Gasteiger partial charge in [-0.05, 0) is 54.8 Å². The molecule has 0 aromatic heterocycles. The normalized spacial score (nSPS) is 13.1. The maximum atomic E-state index is 6.39. The number of benzene rings is 1. The lowest BCUT2D eigenvalue weighted by Crippen LogP contribution is -2.05. The summed E-state index contributed by atoms with van der Waals surface area (Å²) in [5.74, 6) is 1.08. The second kappa shape index (κ2) is 7.03. The van der Waals surface area contributed by atoms with Crippen LogP contribution in [0, 0.1) is 0 Å². The Balaban J connectivity index is 2.92. The van der Waals surface area contributed by atoms with E-state index in [1.807, 2.05) is 0 Å². The van der Waals surface area contributed by atoms with Crippen LogP contribution in [0.5, 0.6) is 0 Å². The quantitative estimate of drug-likeness (QED) is 0.782. The molecule has 1 atom stereocenters. The second-order valence-corrected chi connectivity index (χ2v) is 5.18. The molecule has 0 spiro atoms. The average Bonchev–Trinajstić information content (AvgIpc) is 2.32. The van der Waals surface area contributed by atoms with E-state index in [0.717, 1.165) is 30.8 Å². The first-order valence-corrected chi connectivity index (χ1v) is 7.01. The van der Waals surface area contributed by atoms with E-state index in [1.165, 1.54) is 11.1 Å². The van der Waals surface area contributed by atoms with Crippen LogP contribution < -0.4 is 5.73 Å². The minimum absolute atomic E-state index is 0.494. The Morgan fingerprint density at radius 3 is 2.35 bits per heavy atom. The van der Waals surface area contributed by atoms with Crippen molar-refractivity contribution in [1.82, 2.24) is 0 Å². The molecule has 0 aliphatic rings. The molecule has 0 amide bonds. The third kappa shape index (κ3) is 3.72. The number of halogens is 1. The number of rotatable bonds is 6. The summed E-state index contributed by atoms with van der Waals surface area (Å²) in [4.78, 5) is 0. The number of hydrogen-bond donors (Lipinski definition) is 1. The monoisotopic (exact) mass is 253 g/mol. The topological polar surface area (TPSA) is 26.0 Å². The van der Waals surface area contributed by atoms with Crippen LogP contribution in [0.25, 0.3) is 0 Å². The Kier molecular flexibility index (Phi) is 6.01. The summed E-state index contributed by atoms with van der Waals surface area (Å²) in [6.45, 7) is 7.37. The third-order valence-corrected chi connectivity index (χ3v) is 3.95. The van der Waals surface area contributed by atoms with E-state index in [1.54, 1.807) is 0 Å². The lowest BCUT2D eigenvalue weighted by molar-refractivity contribution is 0.640. The van der Waals surface area contributed by atoms with Gasteiger partial charge in [0.25, 0.3) is 0 Å². The molecule has 0 saturated carbocycles. The molecule has 0 aliphatic carbocycles. The molecule has 17 heavy (non-hydrogen) atoms. The van der Waals surface area contributed by atoms with Gasteiger partial charge < -0.3 is 5.73 Å². The minimum Gasteiger partial charge on any atom is -0.330 e. The van der Waals surface area contributed by atoms with Gasteiger partial charge in [0.15, 0.2) is 0 Å². The summed E-state index contributed by atoms with van der Waals surface area (Å²) >= 11 is 6.39. The lowest BCUT2D eigenvalue weighted by atomic mass is 9.90. The van der Waals surface area contributed by atoms with Crippen LogP contribution in [0.2, 0.25) is 5.02 Å². The van der Waals surface area contributed by atoms with E-state index in [0.29, 0.717) is 11.8 Å².